The van der Waals surface area contributed by atoms with E-state index in [4.69, 9.17) is 19.9 Å². The maximum absolute atomic E-state index is 8.94. The van der Waals surface area contributed by atoms with Crippen LogP contribution in [0.1, 0.15) is 5.56 Å². The van der Waals surface area contributed by atoms with Gasteiger partial charge in [-0.2, -0.15) is 0 Å². The van der Waals surface area contributed by atoms with E-state index in [1.165, 1.54) is 13.2 Å². The number of aliphatic hydroxyl groups is 1. The van der Waals surface area contributed by atoms with E-state index >= 15 is 0 Å². The fourth-order valence-electron chi connectivity index (χ4n) is 1.08. The van der Waals surface area contributed by atoms with Gasteiger partial charge in [0, 0.05) is 0 Å². The van der Waals surface area contributed by atoms with Crippen LogP contribution in [-0.4, -0.2) is 29.4 Å². The molecule has 5 heteroatoms. The molecule has 0 atom stereocenters. The highest BCUT2D eigenvalue weighted by atomic mass is 16.5. The molecule has 0 aliphatic carbocycles. The van der Waals surface area contributed by atoms with E-state index in [1.807, 2.05) is 0 Å². The number of ether oxygens (including phenoxy) is 1. The predicted molar refractivity (Wildman–Crippen MR) is 48.7 cm³/mol. The smallest absolute Gasteiger partial charge is 0.488 e. The summed E-state index contributed by atoms with van der Waals surface area (Å²) in [6.07, 6.45) is 0. The number of aliphatic hydroxyl groups excluding tert-OH is 1. The van der Waals surface area contributed by atoms with Gasteiger partial charge in [-0.25, -0.2) is 0 Å². The first-order chi connectivity index (χ1) is 6.19. The van der Waals surface area contributed by atoms with Gasteiger partial charge in [0.1, 0.15) is 5.75 Å². The molecule has 0 saturated heterocycles. The lowest BCUT2D eigenvalue weighted by Crippen LogP contribution is -2.33. The largest absolute Gasteiger partial charge is 0.497 e. The van der Waals surface area contributed by atoms with Gasteiger partial charge < -0.3 is 19.9 Å². The van der Waals surface area contributed by atoms with Crippen LogP contribution in [-0.2, 0) is 6.61 Å². The average Bonchev–Trinajstić information content (AvgIpc) is 2.16. The molecule has 0 heterocycles. The second kappa shape index (κ2) is 4.27. The van der Waals surface area contributed by atoms with E-state index in [-0.39, 0.29) is 12.1 Å². The van der Waals surface area contributed by atoms with Crippen molar-refractivity contribution in [2.75, 3.05) is 7.11 Å². The van der Waals surface area contributed by atoms with Gasteiger partial charge in [-0.05, 0) is 23.2 Å². The molecule has 0 radical (unpaired) electrons. The molecule has 70 valence electrons. The van der Waals surface area contributed by atoms with Crippen LogP contribution in [0.4, 0.5) is 0 Å². The highest BCUT2D eigenvalue weighted by Gasteiger charge is 2.16. The summed E-state index contributed by atoms with van der Waals surface area (Å²) >= 11 is 0. The highest BCUT2D eigenvalue weighted by Crippen LogP contribution is 2.09. The summed E-state index contributed by atoms with van der Waals surface area (Å²) in [6.45, 7) is -0.225. The molecule has 0 unspecified atom stereocenters. The molecule has 1 rings (SSSR count). The minimum atomic E-state index is -1.59. The predicted octanol–water partition coefficient (Wildman–Crippen LogP) is -1.13. The molecule has 4 nitrogen and oxygen atoms in total. The van der Waals surface area contributed by atoms with Crippen molar-refractivity contribution in [2.24, 2.45) is 0 Å². The number of hydrogen-bond donors (Lipinski definition) is 3. The quantitative estimate of drug-likeness (QED) is 0.517. The first-order valence-electron chi connectivity index (χ1n) is 3.83. The number of hydrogen-bond acceptors (Lipinski definition) is 4. The molecule has 0 aliphatic rings. The molecular formula is C8H11BO4. The van der Waals surface area contributed by atoms with E-state index in [0.717, 1.165) is 0 Å². The summed E-state index contributed by atoms with van der Waals surface area (Å²) in [5.41, 5.74) is 0.748. The molecular weight excluding hydrogens is 171 g/mol. The summed E-state index contributed by atoms with van der Waals surface area (Å²) in [5.74, 6) is 0.528. The van der Waals surface area contributed by atoms with Gasteiger partial charge in [0.15, 0.2) is 0 Å². The second-order valence-electron chi connectivity index (χ2n) is 2.60. The molecule has 0 bridgehead atoms. The van der Waals surface area contributed by atoms with Crippen molar-refractivity contribution in [2.45, 2.75) is 6.61 Å². The van der Waals surface area contributed by atoms with Gasteiger partial charge in [-0.3, -0.25) is 0 Å². The molecule has 3 N–H and O–H groups in total. The number of methoxy groups -OCH3 is 1. The van der Waals surface area contributed by atoms with Crippen LogP contribution in [0.5, 0.6) is 5.75 Å². The Labute approximate surface area is 76.6 Å². The molecule has 0 amide bonds. The molecule has 1 aromatic rings. The summed E-state index contributed by atoms with van der Waals surface area (Å²) in [5, 5.41) is 26.8. The Kier molecular flexibility index (Phi) is 3.30. The molecule has 0 aliphatic heterocycles. The summed E-state index contributed by atoms with van der Waals surface area (Å²) in [4.78, 5) is 0. The molecule has 0 saturated carbocycles. The van der Waals surface area contributed by atoms with Crippen molar-refractivity contribution in [1.29, 1.82) is 0 Å². The fraction of sp³-hybridized carbons (Fsp3) is 0.250. The third kappa shape index (κ3) is 2.21. The highest BCUT2D eigenvalue weighted by molar-refractivity contribution is 6.59. The number of rotatable bonds is 3. The SMILES string of the molecule is COc1ccc(CO)c(B(O)O)c1. The van der Waals surface area contributed by atoms with Gasteiger partial charge in [-0.15, -0.1) is 0 Å². The maximum atomic E-state index is 8.94. The van der Waals surface area contributed by atoms with E-state index < -0.39 is 7.12 Å². The van der Waals surface area contributed by atoms with E-state index in [1.54, 1.807) is 12.1 Å². The van der Waals surface area contributed by atoms with Crippen LogP contribution < -0.4 is 10.2 Å². The first-order valence-corrected chi connectivity index (χ1v) is 3.83. The van der Waals surface area contributed by atoms with Crippen molar-refractivity contribution in [3.05, 3.63) is 23.8 Å². The van der Waals surface area contributed by atoms with Gasteiger partial charge in [0.05, 0.1) is 13.7 Å². The molecule has 0 fully saturated rings. The lowest BCUT2D eigenvalue weighted by atomic mass is 9.77. The molecule has 0 spiro atoms. The molecule has 13 heavy (non-hydrogen) atoms. The van der Waals surface area contributed by atoms with Crippen molar-refractivity contribution in [3.63, 3.8) is 0 Å². The average molecular weight is 182 g/mol. The summed E-state index contributed by atoms with van der Waals surface area (Å²) in [6, 6.07) is 4.72. The van der Waals surface area contributed by atoms with Crippen LogP contribution in [0.25, 0.3) is 0 Å². The van der Waals surface area contributed by atoms with Gasteiger partial charge in [-0.1, -0.05) is 6.07 Å². The Morgan fingerprint density at radius 1 is 1.38 bits per heavy atom. The van der Waals surface area contributed by atoms with Crippen molar-refractivity contribution < 1.29 is 19.9 Å². The topological polar surface area (TPSA) is 69.9 Å². The Balaban J connectivity index is 3.10. The van der Waals surface area contributed by atoms with Crippen molar-refractivity contribution in [3.8, 4) is 5.75 Å². The minimum absolute atomic E-state index is 0.225. The minimum Gasteiger partial charge on any atom is -0.497 e. The third-order valence-corrected chi connectivity index (χ3v) is 1.80. The maximum Gasteiger partial charge on any atom is 0.488 e. The standard InChI is InChI=1S/C8H11BO4/c1-13-7-3-2-6(5-10)8(4-7)9(11)12/h2-4,10-12H,5H2,1H3. The van der Waals surface area contributed by atoms with Crippen molar-refractivity contribution >= 4 is 12.6 Å². The Bertz CT molecular complexity index is 287. The van der Waals surface area contributed by atoms with Gasteiger partial charge >= 0.3 is 7.12 Å². The first kappa shape index (κ1) is 10.0. The Hall–Kier alpha value is -1.04. The third-order valence-electron chi connectivity index (χ3n) is 1.80. The Morgan fingerprint density at radius 3 is 2.54 bits per heavy atom. The zero-order chi connectivity index (χ0) is 9.84. The van der Waals surface area contributed by atoms with Crippen LogP contribution in [0.2, 0.25) is 0 Å². The van der Waals surface area contributed by atoms with E-state index in [9.17, 15) is 0 Å². The van der Waals surface area contributed by atoms with Crippen LogP contribution in [0.15, 0.2) is 18.2 Å². The van der Waals surface area contributed by atoms with Crippen LogP contribution >= 0.6 is 0 Å². The summed E-state index contributed by atoms with van der Waals surface area (Å²) < 4.78 is 4.90. The second-order valence-corrected chi connectivity index (χ2v) is 2.60. The normalized spacial score (nSPS) is 9.85. The van der Waals surface area contributed by atoms with Gasteiger partial charge in [0.25, 0.3) is 0 Å². The molecule has 0 aromatic heterocycles. The lowest BCUT2D eigenvalue weighted by molar-refractivity contribution is 0.282. The number of benzene rings is 1. The zero-order valence-electron chi connectivity index (χ0n) is 7.27. The fourth-order valence-corrected chi connectivity index (χ4v) is 1.08. The van der Waals surface area contributed by atoms with Crippen LogP contribution in [0, 0.1) is 0 Å². The summed E-state index contributed by atoms with van der Waals surface area (Å²) in [7, 11) is -0.0983. The lowest BCUT2D eigenvalue weighted by Gasteiger charge is -2.08. The van der Waals surface area contributed by atoms with Crippen molar-refractivity contribution in [1.82, 2.24) is 0 Å². The van der Waals surface area contributed by atoms with Crippen LogP contribution in [0.3, 0.4) is 0 Å². The monoisotopic (exact) mass is 182 g/mol. The zero-order valence-corrected chi connectivity index (χ0v) is 7.27. The Morgan fingerprint density at radius 2 is 2.08 bits per heavy atom. The van der Waals surface area contributed by atoms with E-state index in [0.29, 0.717) is 11.3 Å². The van der Waals surface area contributed by atoms with Gasteiger partial charge in [0.2, 0.25) is 0 Å². The molecule has 1 aromatic carbocycles. The van der Waals surface area contributed by atoms with E-state index in [2.05, 4.69) is 0 Å².